The number of ether oxygens (including phenoxy) is 1. The van der Waals surface area contributed by atoms with Gasteiger partial charge in [0.1, 0.15) is 11.4 Å². The number of benzene rings is 2. The molecule has 8 nitrogen and oxygen atoms in total. The van der Waals surface area contributed by atoms with Crippen LogP contribution in [0, 0.1) is 13.8 Å². The standard InChI is InChI=1S/C24H25BrClN5O3/c1-13-12-18(26)8-11-20(13)34-16(4)23(32)27-19-9-6-17(7-10-19)14(2)28-29-24(33)22-21(25)15(3)30-31(22)5/h6-12,16H,1-5H3,(H,27,32)(H,29,33)/b28-14-/t16-/m0/s1. The lowest BCUT2D eigenvalue weighted by Crippen LogP contribution is -2.30. The topological polar surface area (TPSA) is 97.6 Å². The van der Waals surface area contributed by atoms with Crippen LogP contribution < -0.4 is 15.5 Å². The second-order valence-electron chi connectivity index (χ2n) is 7.75. The third-order valence-corrected chi connectivity index (χ3v) is 6.25. The van der Waals surface area contributed by atoms with Gasteiger partial charge in [-0.2, -0.15) is 10.2 Å². The summed E-state index contributed by atoms with van der Waals surface area (Å²) in [5.74, 6) is -0.0514. The number of hydrogen-bond donors (Lipinski definition) is 2. The molecule has 1 heterocycles. The SMILES string of the molecule is C/C(=N/NC(=O)c1c(Br)c(C)nn1C)c1ccc(NC(=O)[C@H](C)Oc2ccc(Cl)cc2C)cc1. The lowest BCUT2D eigenvalue weighted by molar-refractivity contribution is -0.122. The number of carbonyl (C=O) groups excluding carboxylic acids is 2. The Balaban J connectivity index is 1.60. The highest BCUT2D eigenvalue weighted by molar-refractivity contribution is 9.10. The number of rotatable bonds is 7. The van der Waals surface area contributed by atoms with Crippen molar-refractivity contribution in [1.29, 1.82) is 0 Å². The van der Waals surface area contributed by atoms with Crippen molar-refractivity contribution >= 4 is 50.7 Å². The molecule has 10 heteroatoms. The first-order valence-corrected chi connectivity index (χ1v) is 11.6. The van der Waals surface area contributed by atoms with Crippen LogP contribution in [0.15, 0.2) is 52.0 Å². The van der Waals surface area contributed by atoms with E-state index in [9.17, 15) is 9.59 Å². The fourth-order valence-corrected chi connectivity index (χ4v) is 3.90. The quantitative estimate of drug-likeness (QED) is 0.321. The van der Waals surface area contributed by atoms with Crippen molar-refractivity contribution in [2.24, 2.45) is 12.1 Å². The molecule has 0 bridgehead atoms. The van der Waals surface area contributed by atoms with Crippen molar-refractivity contribution in [3.8, 4) is 5.75 Å². The van der Waals surface area contributed by atoms with Gasteiger partial charge in [0.15, 0.2) is 6.10 Å². The molecule has 3 rings (SSSR count). The van der Waals surface area contributed by atoms with Gasteiger partial charge in [-0.15, -0.1) is 0 Å². The highest BCUT2D eigenvalue weighted by Crippen LogP contribution is 2.23. The van der Waals surface area contributed by atoms with E-state index in [0.717, 1.165) is 11.1 Å². The Labute approximate surface area is 211 Å². The van der Waals surface area contributed by atoms with Crippen molar-refractivity contribution < 1.29 is 14.3 Å². The van der Waals surface area contributed by atoms with E-state index in [4.69, 9.17) is 16.3 Å². The molecule has 34 heavy (non-hydrogen) atoms. The molecular weight excluding hydrogens is 522 g/mol. The number of aryl methyl sites for hydroxylation is 3. The molecule has 1 aromatic heterocycles. The van der Waals surface area contributed by atoms with Gasteiger partial charge in [-0.1, -0.05) is 23.7 Å². The zero-order valence-electron chi connectivity index (χ0n) is 19.4. The number of halogens is 2. The molecule has 0 saturated heterocycles. The van der Waals surface area contributed by atoms with E-state index in [0.29, 0.717) is 38.0 Å². The summed E-state index contributed by atoms with van der Waals surface area (Å²) in [6.45, 7) is 7.13. The van der Waals surface area contributed by atoms with Gasteiger partial charge in [0, 0.05) is 17.8 Å². The Hall–Kier alpha value is -3.17. The first-order valence-electron chi connectivity index (χ1n) is 10.4. The molecule has 0 spiro atoms. The number of aromatic nitrogens is 2. The molecule has 0 unspecified atom stereocenters. The van der Waals surface area contributed by atoms with Crippen LogP contribution in [-0.2, 0) is 11.8 Å². The fraction of sp³-hybridized carbons (Fsp3) is 0.250. The Bertz CT molecular complexity index is 1250. The third kappa shape index (κ3) is 6.03. The summed E-state index contributed by atoms with van der Waals surface area (Å²) in [5.41, 5.74) is 6.52. The summed E-state index contributed by atoms with van der Waals surface area (Å²) in [5, 5.41) is 11.8. The molecule has 2 amide bonds. The van der Waals surface area contributed by atoms with Crippen molar-refractivity contribution in [1.82, 2.24) is 15.2 Å². The van der Waals surface area contributed by atoms with Gasteiger partial charge in [-0.05, 0) is 85.1 Å². The summed E-state index contributed by atoms with van der Waals surface area (Å²) in [6, 6.07) is 12.4. The summed E-state index contributed by atoms with van der Waals surface area (Å²) >= 11 is 9.34. The maximum atomic E-state index is 12.5. The maximum Gasteiger partial charge on any atom is 0.290 e. The molecule has 0 aliphatic heterocycles. The van der Waals surface area contributed by atoms with Crippen LogP contribution in [-0.4, -0.2) is 33.4 Å². The van der Waals surface area contributed by atoms with E-state index in [2.05, 4.69) is 36.9 Å². The minimum absolute atomic E-state index is 0.281. The second kappa shape index (κ2) is 10.8. The monoisotopic (exact) mass is 545 g/mol. The molecular formula is C24H25BrClN5O3. The van der Waals surface area contributed by atoms with Crippen molar-refractivity contribution in [2.75, 3.05) is 5.32 Å². The largest absolute Gasteiger partial charge is 0.481 e. The molecule has 0 saturated carbocycles. The normalized spacial score (nSPS) is 12.3. The van der Waals surface area contributed by atoms with Gasteiger partial charge >= 0.3 is 0 Å². The highest BCUT2D eigenvalue weighted by Gasteiger charge is 2.18. The minimum atomic E-state index is -0.701. The van der Waals surface area contributed by atoms with Crippen LogP contribution >= 0.6 is 27.5 Å². The number of carbonyl (C=O) groups is 2. The number of nitrogens with one attached hydrogen (secondary N) is 2. The van der Waals surface area contributed by atoms with Gasteiger partial charge in [0.25, 0.3) is 11.8 Å². The number of hydrazone groups is 1. The van der Waals surface area contributed by atoms with Crippen molar-refractivity contribution in [2.45, 2.75) is 33.8 Å². The predicted molar refractivity (Wildman–Crippen MR) is 137 cm³/mol. The van der Waals surface area contributed by atoms with Crippen LogP contribution in [0.25, 0.3) is 0 Å². The van der Waals surface area contributed by atoms with E-state index in [1.54, 1.807) is 70.3 Å². The van der Waals surface area contributed by atoms with Gasteiger partial charge in [-0.3, -0.25) is 14.3 Å². The van der Waals surface area contributed by atoms with Gasteiger partial charge in [-0.25, -0.2) is 5.43 Å². The smallest absolute Gasteiger partial charge is 0.290 e. The van der Waals surface area contributed by atoms with E-state index >= 15 is 0 Å². The first kappa shape index (κ1) is 25.5. The van der Waals surface area contributed by atoms with E-state index in [-0.39, 0.29) is 11.8 Å². The lowest BCUT2D eigenvalue weighted by Gasteiger charge is -2.16. The second-order valence-corrected chi connectivity index (χ2v) is 8.98. The lowest BCUT2D eigenvalue weighted by atomic mass is 10.1. The number of amides is 2. The van der Waals surface area contributed by atoms with Gasteiger partial charge in [0.05, 0.1) is 15.9 Å². The summed E-state index contributed by atoms with van der Waals surface area (Å²) in [6.07, 6.45) is -0.701. The molecule has 2 N–H and O–H groups in total. The van der Waals surface area contributed by atoms with E-state index < -0.39 is 6.10 Å². The molecule has 0 aliphatic carbocycles. The summed E-state index contributed by atoms with van der Waals surface area (Å²) < 4.78 is 7.89. The minimum Gasteiger partial charge on any atom is -0.481 e. The fourth-order valence-electron chi connectivity index (χ4n) is 3.16. The average molecular weight is 547 g/mol. The highest BCUT2D eigenvalue weighted by atomic mass is 79.9. The number of hydrogen-bond acceptors (Lipinski definition) is 5. The van der Waals surface area contributed by atoms with Crippen molar-refractivity contribution in [3.05, 3.63) is 74.5 Å². The summed E-state index contributed by atoms with van der Waals surface area (Å²) in [7, 11) is 1.69. The molecule has 178 valence electrons. The summed E-state index contributed by atoms with van der Waals surface area (Å²) in [4.78, 5) is 25.0. The van der Waals surface area contributed by atoms with Crippen LogP contribution in [0.2, 0.25) is 5.02 Å². The Morgan fingerprint density at radius 3 is 2.44 bits per heavy atom. The molecule has 0 aliphatic rings. The third-order valence-electron chi connectivity index (χ3n) is 5.07. The molecule has 0 radical (unpaired) electrons. The number of nitrogens with zero attached hydrogens (tertiary/aromatic N) is 3. The van der Waals surface area contributed by atoms with Gasteiger partial charge in [0.2, 0.25) is 0 Å². The van der Waals surface area contributed by atoms with E-state index in [1.807, 2.05) is 6.92 Å². The van der Waals surface area contributed by atoms with Crippen LogP contribution in [0.1, 0.15) is 41.2 Å². The zero-order chi connectivity index (χ0) is 25.0. The van der Waals surface area contributed by atoms with Crippen LogP contribution in [0.4, 0.5) is 5.69 Å². The van der Waals surface area contributed by atoms with Crippen molar-refractivity contribution in [3.63, 3.8) is 0 Å². The maximum absolute atomic E-state index is 12.5. The Kier molecular flexibility index (Phi) is 8.11. The van der Waals surface area contributed by atoms with Crippen LogP contribution in [0.5, 0.6) is 5.75 Å². The molecule has 3 aromatic rings. The molecule has 0 fully saturated rings. The molecule has 2 aromatic carbocycles. The number of anilines is 1. The Morgan fingerprint density at radius 2 is 1.85 bits per heavy atom. The average Bonchev–Trinajstić information content (AvgIpc) is 3.05. The molecule has 1 atom stereocenters. The van der Waals surface area contributed by atoms with Gasteiger partial charge < -0.3 is 10.1 Å². The van der Waals surface area contributed by atoms with Crippen LogP contribution in [0.3, 0.4) is 0 Å². The van der Waals surface area contributed by atoms with E-state index in [1.165, 1.54) is 4.68 Å². The first-order chi connectivity index (χ1) is 16.1. The zero-order valence-corrected chi connectivity index (χ0v) is 21.8. The Morgan fingerprint density at radius 1 is 1.18 bits per heavy atom. The predicted octanol–water partition coefficient (Wildman–Crippen LogP) is 5.01.